The Hall–Kier alpha value is -14.2. The van der Waals surface area contributed by atoms with Crippen LogP contribution in [0.1, 0.15) is 7.43 Å². The smallest absolute Gasteiger partial charge is 0.172 e. The first kappa shape index (κ1) is 71.6. The Morgan fingerprint density at radius 1 is 0.195 bits per heavy atom. The number of rotatable bonds is 9. The number of fused-ring (bicyclic) bond motifs is 27. The molecular weight excluding hydrogens is 1500 g/mol. The highest BCUT2D eigenvalue weighted by Crippen LogP contribution is 2.51. The molecule has 24 aromatic rings. The van der Waals surface area contributed by atoms with Gasteiger partial charge < -0.3 is 13.7 Å². The van der Waals surface area contributed by atoms with Crippen molar-refractivity contribution in [3.05, 3.63) is 419 Å². The Morgan fingerprint density at radius 3 is 0.992 bits per heavy atom. The van der Waals surface area contributed by atoms with Gasteiger partial charge in [-0.25, -0.2) is 15.0 Å². The lowest BCUT2D eigenvalue weighted by Gasteiger charge is -2.25. The van der Waals surface area contributed by atoms with Crippen LogP contribution in [-0.4, -0.2) is 28.2 Å². The van der Waals surface area contributed by atoms with Gasteiger partial charge in [-0.15, -0.1) is 0 Å². The van der Waals surface area contributed by atoms with Crippen LogP contribution in [0.3, 0.4) is 0 Å². The number of pyridine rings is 3. The second kappa shape index (κ2) is 28.7. The Morgan fingerprint density at radius 2 is 0.500 bits per heavy atom. The number of imidazole rings is 3. The van der Waals surface area contributed by atoms with Gasteiger partial charge in [0.2, 0.25) is 0 Å². The van der Waals surface area contributed by atoms with Crippen molar-refractivity contribution in [2.24, 2.45) is 0 Å². The number of hydrogen-bond donors (Lipinski definition) is 0. The molecule has 12 heteroatoms. The summed E-state index contributed by atoms with van der Waals surface area (Å²) in [6.45, 7) is 0. The van der Waals surface area contributed by atoms with E-state index in [9.17, 15) is 0 Å². The highest BCUT2D eigenvalue weighted by Gasteiger charge is 2.37. The average Bonchev–Trinajstić information content (AvgIpc) is 1.34. The van der Waals surface area contributed by atoms with E-state index in [4.69, 9.17) is 15.0 Å². The highest BCUT2D eigenvalue weighted by atomic mass is 31.2. The van der Waals surface area contributed by atoms with E-state index in [1.807, 2.05) is 231 Å². The molecule has 0 bridgehead atoms. The molecule has 0 aliphatic rings. The van der Waals surface area contributed by atoms with E-state index in [-0.39, 0.29) is 7.43 Å². The summed E-state index contributed by atoms with van der Waals surface area (Å²) in [6, 6.07) is 142. The maximum Gasteiger partial charge on any atom is 0.172 e. The molecule has 560 valence electrons. The number of hydrogen-bond acceptors (Lipinski definition) is 6. The minimum absolute atomic E-state index is 0. The fraction of sp³-hybridized carbons (Fsp3) is 0.00943. The van der Waals surface area contributed by atoms with E-state index in [1.165, 1.54) is 0 Å². The van der Waals surface area contributed by atoms with E-state index in [0.29, 0.717) is 0 Å². The predicted octanol–water partition coefficient (Wildman–Crippen LogP) is 23.4. The SMILES string of the molecule is C.O=P(c1ccccc1)(c1ccccc1)c1c2ccccc2cc2c1c1ccccc1n1c3ccccc3nc21.O=P(c1ccccc1)(c1ccccc1)c1cccc2c1c1cc3ccccc3cc1c1nc3ccccc3n21.O=P(c1ccccc1)(c1ccccc1)c1cccc2cc3c(cc12)c1ccccc1n1c2ccccc2nc31. The molecule has 24 rings (SSSR count). The molecule has 0 atom stereocenters. The van der Waals surface area contributed by atoms with Crippen molar-refractivity contribution in [3.8, 4) is 0 Å². The molecule has 0 spiro atoms. The standard InChI is InChI=1S/3C35H23N2OP.CH4/c38-39(25-13-3-1-4-14-25,26-15-5-2-6-16-26)34-21-11-12-24-22-30-29(23-28(24)34)27-17-7-9-19-32(27)37-33-20-10-8-18-31(33)36-35(30)37;38-39(25-14-3-1-4-15-25,26-16-5-2-6-17-26)34-27-18-8-7-13-24(27)23-29-33(34)28-19-9-11-21-31(28)37-32-22-12-10-20-30(32)36-35(29)37;38-39(26-14-3-1-4-15-26,27-16-5-2-6-17-27)33-21-11-20-32-34(33)28-22-24-12-7-8-13-25(24)23-29(28)35-36-30-18-9-10-19-31(30)37(32)35;/h3*1-23H;1H4. The Balaban J connectivity index is 0.000000110. The van der Waals surface area contributed by atoms with E-state index in [0.717, 1.165) is 195 Å². The molecule has 118 heavy (non-hydrogen) atoms. The molecule has 0 saturated carbocycles. The lowest BCUT2D eigenvalue weighted by Crippen LogP contribution is -2.26. The van der Waals surface area contributed by atoms with Crippen LogP contribution >= 0.6 is 21.4 Å². The van der Waals surface area contributed by atoms with Gasteiger partial charge in [0, 0.05) is 85.4 Å². The molecule has 0 aliphatic heterocycles. The van der Waals surface area contributed by atoms with Gasteiger partial charge in [-0.3, -0.25) is 13.2 Å². The molecule has 6 heterocycles. The lowest BCUT2D eigenvalue weighted by molar-refractivity contribution is 0.592. The van der Waals surface area contributed by atoms with Crippen LogP contribution in [0.2, 0.25) is 0 Å². The van der Waals surface area contributed by atoms with Gasteiger partial charge in [0.05, 0.1) is 49.7 Å². The van der Waals surface area contributed by atoms with Gasteiger partial charge in [-0.05, 0) is 128 Å². The van der Waals surface area contributed by atoms with Gasteiger partial charge >= 0.3 is 0 Å². The van der Waals surface area contributed by atoms with Gasteiger partial charge in [-0.2, -0.15) is 0 Å². The van der Waals surface area contributed by atoms with Gasteiger partial charge in [0.25, 0.3) is 0 Å². The van der Waals surface area contributed by atoms with Gasteiger partial charge in [0.15, 0.2) is 21.4 Å². The molecular formula is C106H73N6O3P3. The summed E-state index contributed by atoms with van der Waals surface area (Å²) >= 11 is 0. The Bertz CT molecular complexity index is 8160. The van der Waals surface area contributed by atoms with Crippen molar-refractivity contribution in [2.75, 3.05) is 0 Å². The maximum atomic E-state index is 16.0. The Labute approximate surface area is 679 Å². The molecule has 9 nitrogen and oxygen atoms in total. The van der Waals surface area contributed by atoms with E-state index in [1.54, 1.807) is 0 Å². The first-order valence-corrected chi connectivity index (χ1v) is 44.4. The third-order valence-corrected chi connectivity index (χ3v) is 32.8. The van der Waals surface area contributed by atoms with Gasteiger partial charge in [0.1, 0.15) is 16.9 Å². The summed E-state index contributed by atoms with van der Waals surface area (Å²) in [7, 11) is -9.71. The molecule has 0 saturated heterocycles. The molecule has 0 fully saturated rings. The first-order chi connectivity index (χ1) is 57.7. The van der Waals surface area contributed by atoms with Crippen LogP contribution in [0, 0.1) is 0 Å². The van der Waals surface area contributed by atoms with Crippen molar-refractivity contribution in [1.82, 2.24) is 28.2 Å². The van der Waals surface area contributed by atoms with Crippen LogP contribution in [-0.2, 0) is 13.7 Å². The second-order valence-electron chi connectivity index (χ2n) is 29.8. The molecule has 18 aromatic carbocycles. The highest BCUT2D eigenvalue weighted by molar-refractivity contribution is 7.86. The van der Waals surface area contributed by atoms with Crippen molar-refractivity contribution in [2.45, 2.75) is 7.43 Å². The molecule has 0 radical (unpaired) electrons. The molecule has 0 aliphatic carbocycles. The largest absolute Gasteiger partial charge is 0.309 e. The molecule has 0 amide bonds. The average molecular weight is 1570 g/mol. The third kappa shape index (κ3) is 11.1. The summed E-state index contributed by atoms with van der Waals surface area (Å²) < 4.78 is 53.7. The summed E-state index contributed by atoms with van der Waals surface area (Å²) in [6.07, 6.45) is 0. The number of nitrogens with zero attached hydrogens (tertiary/aromatic N) is 6. The Kier molecular flexibility index (Phi) is 17.4. The second-order valence-corrected chi connectivity index (χ2v) is 38.0. The number of para-hydroxylation sites is 8. The van der Waals surface area contributed by atoms with Crippen LogP contribution in [0.5, 0.6) is 0 Å². The summed E-state index contributed by atoms with van der Waals surface area (Å²) in [5, 5.41) is 23.5. The van der Waals surface area contributed by atoms with Crippen LogP contribution in [0.4, 0.5) is 0 Å². The fourth-order valence-electron chi connectivity index (χ4n) is 18.2. The van der Waals surface area contributed by atoms with E-state index >= 15 is 13.7 Å². The van der Waals surface area contributed by atoms with E-state index < -0.39 is 21.4 Å². The van der Waals surface area contributed by atoms with Crippen molar-refractivity contribution in [1.29, 1.82) is 0 Å². The zero-order valence-corrected chi connectivity index (χ0v) is 65.8. The van der Waals surface area contributed by atoms with Crippen LogP contribution in [0.25, 0.3) is 147 Å². The minimum atomic E-state index is -3.32. The molecule has 0 N–H and O–H groups in total. The quantitative estimate of drug-likeness (QED) is 0.0810. The van der Waals surface area contributed by atoms with Crippen molar-refractivity contribution >= 4 is 217 Å². The molecule has 6 aromatic heterocycles. The minimum Gasteiger partial charge on any atom is -0.309 e. The summed E-state index contributed by atoms with van der Waals surface area (Å²) in [4.78, 5) is 15.3. The third-order valence-electron chi connectivity index (χ3n) is 23.4. The maximum absolute atomic E-state index is 16.0. The summed E-state index contributed by atoms with van der Waals surface area (Å²) in [5.74, 6) is 0. The molecule has 0 unspecified atom stereocenters. The van der Waals surface area contributed by atoms with Crippen molar-refractivity contribution < 1.29 is 13.7 Å². The zero-order valence-electron chi connectivity index (χ0n) is 63.1. The number of aromatic nitrogens is 6. The first-order valence-electron chi connectivity index (χ1n) is 39.3. The zero-order chi connectivity index (χ0) is 77.9. The number of benzene rings is 18. The monoisotopic (exact) mass is 1570 g/mol. The van der Waals surface area contributed by atoms with Crippen LogP contribution in [0.15, 0.2) is 419 Å². The van der Waals surface area contributed by atoms with Crippen molar-refractivity contribution in [3.63, 3.8) is 0 Å². The topological polar surface area (TPSA) is 103 Å². The normalized spacial score (nSPS) is 12.1. The van der Waals surface area contributed by atoms with Crippen LogP contribution < -0.4 is 47.7 Å². The fourth-order valence-corrected chi connectivity index (χ4v) is 27.0. The lowest BCUT2D eigenvalue weighted by atomic mass is 10.0. The van der Waals surface area contributed by atoms with E-state index in [2.05, 4.69) is 201 Å². The van der Waals surface area contributed by atoms with Gasteiger partial charge in [-0.1, -0.05) is 341 Å². The summed E-state index contributed by atoms with van der Waals surface area (Å²) in [5.41, 5.74) is 12.0. The predicted molar refractivity (Wildman–Crippen MR) is 501 cm³/mol.